The summed E-state index contributed by atoms with van der Waals surface area (Å²) in [5.41, 5.74) is 9.66. The van der Waals surface area contributed by atoms with E-state index >= 15 is 0 Å². The summed E-state index contributed by atoms with van der Waals surface area (Å²) in [6.45, 7) is 1.55. The molecule has 0 aliphatic carbocycles. The van der Waals surface area contributed by atoms with Gasteiger partial charge in [-0.1, -0.05) is 36.4 Å². The zero-order chi connectivity index (χ0) is 16.7. The van der Waals surface area contributed by atoms with Gasteiger partial charge in [-0.2, -0.15) is 9.61 Å². The number of rotatable bonds is 3. The Morgan fingerprint density at radius 1 is 1.12 bits per heavy atom. The molecule has 0 unspecified atom stereocenters. The van der Waals surface area contributed by atoms with Gasteiger partial charge in [0, 0.05) is 11.1 Å². The predicted octanol–water partition coefficient (Wildman–Crippen LogP) is 3.91. The maximum atomic E-state index is 12.2. The normalized spacial score (nSPS) is 11.0. The number of anilines is 1. The summed E-state index contributed by atoms with van der Waals surface area (Å²) in [7, 11) is 0. The van der Waals surface area contributed by atoms with E-state index in [9.17, 15) is 4.79 Å². The zero-order valence-corrected chi connectivity index (χ0v) is 13.7. The van der Waals surface area contributed by atoms with Crippen LogP contribution in [-0.2, 0) is 0 Å². The van der Waals surface area contributed by atoms with Gasteiger partial charge in [-0.3, -0.25) is 4.79 Å². The molecule has 0 radical (unpaired) electrons. The van der Waals surface area contributed by atoms with Crippen molar-refractivity contribution in [1.82, 2.24) is 14.6 Å². The Bertz CT molecular complexity index is 1040. The fourth-order valence-electron chi connectivity index (χ4n) is 2.71. The molecule has 0 bridgehead atoms. The van der Waals surface area contributed by atoms with Crippen LogP contribution in [0.3, 0.4) is 0 Å². The van der Waals surface area contributed by atoms with E-state index in [1.165, 1.54) is 11.3 Å². The first-order valence-electron chi connectivity index (χ1n) is 7.44. The van der Waals surface area contributed by atoms with Gasteiger partial charge in [0.15, 0.2) is 5.78 Å². The Morgan fingerprint density at radius 2 is 1.92 bits per heavy atom. The molecule has 4 rings (SSSR count). The number of fused-ring (bicyclic) bond motifs is 1. The van der Waals surface area contributed by atoms with Gasteiger partial charge < -0.3 is 5.73 Å². The lowest BCUT2D eigenvalue weighted by atomic mass is 10.1. The molecule has 118 valence electrons. The molecule has 2 N–H and O–H groups in total. The molecule has 1 aromatic carbocycles. The van der Waals surface area contributed by atoms with Crippen LogP contribution in [0.25, 0.3) is 27.3 Å². The second-order valence-electron chi connectivity index (χ2n) is 5.42. The third kappa shape index (κ3) is 2.28. The van der Waals surface area contributed by atoms with Crippen LogP contribution in [0.2, 0.25) is 0 Å². The summed E-state index contributed by atoms with van der Waals surface area (Å²) >= 11 is 1.54. The molecule has 0 saturated carbocycles. The van der Waals surface area contributed by atoms with E-state index in [4.69, 9.17) is 5.73 Å². The molecular weight excluding hydrogens is 320 g/mol. The largest absolute Gasteiger partial charge is 0.368 e. The number of nitrogen functional groups attached to an aromatic ring is 1. The number of aromatic nitrogens is 3. The third-order valence-corrected chi connectivity index (χ3v) is 4.71. The number of Topliss-reactive ketones (excluding diaryl/α,β-unsaturated/α-hetero) is 1. The number of carbonyl (C=O) groups excluding carboxylic acids is 1. The van der Waals surface area contributed by atoms with E-state index < -0.39 is 0 Å². The number of carbonyl (C=O) groups is 1. The SMILES string of the molecule is CC(=O)c1cc2c(-c3ccccc3)nc(N)n2nc1-c1cccs1. The average molecular weight is 334 g/mol. The van der Waals surface area contributed by atoms with Crippen molar-refractivity contribution in [2.45, 2.75) is 6.92 Å². The lowest BCUT2D eigenvalue weighted by Gasteiger charge is -2.07. The Balaban J connectivity index is 2.04. The van der Waals surface area contributed by atoms with E-state index in [0.717, 1.165) is 21.7 Å². The van der Waals surface area contributed by atoms with Crippen LogP contribution in [0.15, 0.2) is 53.9 Å². The molecular formula is C18H14N4OS. The maximum absolute atomic E-state index is 12.2. The fourth-order valence-corrected chi connectivity index (χ4v) is 3.43. The van der Waals surface area contributed by atoms with Crippen molar-refractivity contribution in [2.75, 3.05) is 5.73 Å². The minimum atomic E-state index is -0.0350. The number of hydrogen-bond donors (Lipinski definition) is 1. The van der Waals surface area contributed by atoms with Crippen LogP contribution in [-0.4, -0.2) is 20.4 Å². The molecule has 0 aliphatic heterocycles. The standard InChI is InChI=1S/C18H14N4OS/c1-11(23)13-10-14-16(12-6-3-2-4-7-12)20-18(19)22(14)21-17(13)15-8-5-9-24-15/h2-10H,1H3,(H2,19,20). The van der Waals surface area contributed by atoms with Gasteiger partial charge in [0.05, 0.1) is 10.4 Å². The second kappa shape index (κ2) is 5.58. The molecule has 3 heterocycles. The minimum absolute atomic E-state index is 0.0350. The monoisotopic (exact) mass is 334 g/mol. The van der Waals surface area contributed by atoms with Crippen LogP contribution >= 0.6 is 11.3 Å². The molecule has 5 nitrogen and oxygen atoms in total. The van der Waals surface area contributed by atoms with Crippen molar-refractivity contribution in [3.8, 4) is 21.8 Å². The highest BCUT2D eigenvalue weighted by Gasteiger charge is 2.19. The molecule has 0 saturated heterocycles. The zero-order valence-electron chi connectivity index (χ0n) is 12.9. The summed E-state index contributed by atoms with van der Waals surface area (Å²) in [5.74, 6) is 0.268. The fraction of sp³-hybridized carbons (Fsp3) is 0.0556. The Labute approximate surface area is 142 Å². The highest BCUT2D eigenvalue weighted by Crippen LogP contribution is 2.31. The number of benzene rings is 1. The van der Waals surface area contributed by atoms with Crippen LogP contribution in [0.1, 0.15) is 17.3 Å². The van der Waals surface area contributed by atoms with Crippen LogP contribution in [0.4, 0.5) is 5.95 Å². The van der Waals surface area contributed by atoms with Crippen molar-refractivity contribution in [2.24, 2.45) is 0 Å². The van der Waals surface area contributed by atoms with Crippen LogP contribution < -0.4 is 5.73 Å². The first kappa shape index (κ1) is 14.6. The molecule has 3 aromatic heterocycles. The van der Waals surface area contributed by atoms with Gasteiger partial charge in [0.1, 0.15) is 11.4 Å². The second-order valence-corrected chi connectivity index (χ2v) is 6.37. The smallest absolute Gasteiger partial charge is 0.222 e. The van der Waals surface area contributed by atoms with Crippen LogP contribution in [0.5, 0.6) is 0 Å². The van der Waals surface area contributed by atoms with Gasteiger partial charge in [-0.15, -0.1) is 11.3 Å². The summed E-state index contributed by atoms with van der Waals surface area (Å²) in [4.78, 5) is 17.5. The molecule has 0 spiro atoms. The van der Waals surface area contributed by atoms with Gasteiger partial charge >= 0.3 is 0 Å². The highest BCUT2D eigenvalue weighted by molar-refractivity contribution is 7.13. The van der Waals surface area contributed by atoms with Gasteiger partial charge in [-0.05, 0) is 24.4 Å². The Kier molecular flexibility index (Phi) is 3.39. The van der Waals surface area contributed by atoms with Crippen molar-refractivity contribution in [3.63, 3.8) is 0 Å². The van der Waals surface area contributed by atoms with Crippen molar-refractivity contribution in [1.29, 1.82) is 0 Å². The number of nitrogens with zero attached hydrogens (tertiary/aromatic N) is 3. The molecule has 0 amide bonds. The quantitative estimate of drug-likeness (QED) is 0.577. The molecule has 24 heavy (non-hydrogen) atoms. The van der Waals surface area contributed by atoms with Crippen molar-refractivity contribution >= 4 is 28.6 Å². The lowest BCUT2D eigenvalue weighted by Crippen LogP contribution is -2.05. The minimum Gasteiger partial charge on any atom is -0.368 e. The lowest BCUT2D eigenvalue weighted by molar-refractivity contribution is 0.101. The average Bonchev–Trinajstić information content (AvgIpc) is 3.23. The number of thiophene rings is 1. The molecule has 0 fully saturated rings. The molecule has 6 heteroatoms. The van der Waals surface area contributed by atoms with Crippen molar-refractivity contribution in [3.05, 3.63) is 59.5 Å². The predicted molar refractivity (Wildman–Crippen MR) is 96.2 cm³/mol. The number of nitrogens with two attached hydrogens (primary N) is 1. The molecule has 4 aromatic rings. The van der Waals surface area contributed by atoms with E-state index in [0.29, 0.717) is 17.2 Å². The summed E-state index contributed by atoms with van der Waals surface area (Å²) < 4.78 is 1.60. The van der Waals surface area contributed by atoms with E-state index in [1.807, 2.05) is 53.9 Å². The highest BCUT2D eigenvalue weighted by atomic mass is 32.1. The number of ketones is 1. The maximum Gasteiger partial charge on any atom is 0.222 e. The Morgan fingerprint density at radius 3 is 2.58 bits per heavy atom. The molecule has 0 aliphatic rings. The van der Waals surface area contributed by atoms with Gasteiger partial charge in [-0.25, -0.2) is 4.98 Å². The number of hydrogen-bond acceptors (Lipinski definition) is 5. The van der Waals surface area contributed by atoms with E-state index in [1.54, 1.807) is 11.4 Å². The van der Waals surface area contributed by atoms with E-state index in [2.05, 4.69) is 10.1 Å². The third-order valence-electron chi connectivity index (χ3n) is 3.83. The summed E-state index contributed by atoms with van der Waals surface area (Å²) in [5, 5.41) is 6.56. The first-order chi connectivity index (χ1) is 11.6. The van der Waals surface area contributed by atoms with Crippen LogP contribution in [0, 0.1) is 0 Å². The van der Waals surface area contributed by atoms with E-state index in [-0.39, 0.29) is 5.78 Å². The van der Waals surface area contributed by atoms with Gasteiger partial charge in [0.25, 0.3) is 0 Å². The van der Waals surface area contributed by atoms with Gasteiger partial charge in [0.2, 0.25) is 5.95 Å². The van der Waals surface area contributed by atoms with Crippen molar-refractivity contribution < 1.29 is 4.79 Å². The first-order valence-corrected chi connectivity index (χ1v) is 8.32. The Hall–Kier alpha value is -2.99. The molecule has 0 atom stereocenters. The summed E-state index contributed by atoms with van der Waals surface area (Å²) in [6, 6.07) is 15.4. The number of imidazole rings is 1. The topological polar surface area (TPSA) is 73.3 Å². The summed E-state index contributed by atoms with van der Waals surface area (Å²) in [6.07, 6.45) is 0.